The van der Waals surface area contributed by atoms with Crippen molar-refractivity contribution in [1.82, 2.24) is 4.98 Å². The molecule has 0 spiro atoms. The molecule has 1 aromatic heterocycles. The van der Waals surface area contributed by atoms with E-state index in [9.17, 15) is 0 Å². The number of rotatable bonds is 3. The Morgan fingerprint density at radius 2 is 2.00 bits per heavy atom. The van der Waals surface area contributed by atoms with E-state index in [1.807, 2.05) is 24.3 Å². The third-order valence-corrected chi connectivity index (χ3v) is 3.61. The van der Waals surface area contributed by atoms with Crippen molar-refractivity contribution in [3.8, 4) is 0 Å². The van der Waals surface area contributed by atoms with Crippen molar-refractivity contribution in [2.45, 2.75) is 11.8 Å². The predicted molar refractivity (Wildman–Crippen MR) is 75.7 cm³/mol. The van der Waals surface area contributed by atoms with Gasteiger partial charge >= 0.3 is 0 Å². The molecule has 2 rings (SSSR count). The summed E-state index contributed by atoms with van der Waals surface area (Å²) in [5, 5.41) is 0. The number of nitrogens with zero attached hydrogens (tertiary/aromatic N) is 1. The van der Waals surface area contributed by atoms with Crippen LogP contribution in [0, 0.1) is 6.92 Å². The Hall–Kier alpha value is -1.48. The van der Waals surface area contributed by atoms with Crippen molar-refractivity contribution in [1.29, 1.82) is 0 Å². The topological polar surface area (TPSA) is 12.9 Å². The first kappa shape index (κ1) is 12.0. The molecule has 17 heavy (non-hydrogen) atoms. The molecule has 3 heteroatoms. The second kappa shape index (κ2) is 5.24. The van der Waals surface area contributed by atoms with Crippen molar-refractivity contribution >= 4 is 30.1 Å². The second-order valence-corrected chi connectivity index (χ2v) is 4.86. The van der Waals surface area contributed by atoms with Crippen LogP contribution in [0.4, 0.5) is 0 Å². The van der Waals surface area contributed by atoms with Crippen LogP contribution in [-0.2, 0) is 0 Å². The Kier molecular flexibility index (Phi) is 3.69. The largest absolute Gasteiger partial charge is 0.272 e. The molecule has 0 aliphatic heterocycles. The van der Waals surface area contributed by atoms with Gasteiger partial charge < -0.3 is 0 Å². The van der Waals surface area contributed by atoms with E-state index in [-0.39, 0.29) is 0 Å². The quantitative estimate of drug-likeness (QED) is 0.601. The SMILES string of the molecule is [B]c1ncccc1C(=C)Sc1ccccc1C. The molecule has 0 saturated carbocycles. The lowest BCUT2D eigenvalue weighted by Crippen LogP contribution is -2.12. The molecular formula is C14H12BNS. The van der Waals surface area contributed by atoms with Crippen LogP contribution in [0.1, 0.15) is 11.1 Å². The van der Waals surface area contributed by atoms with E-state index in [4.69, 9.17) is 7.85 Å². The van der Waals surface area contributed by atoms with Gasteiger partial charge in [-0.05, 0) is 35.8 Å². The van der Waals surface area contributed by atoms with Crippen molar-refractivity contribution in [2.75, 3.05) is 0 Å². The maximum atomic E-state index is 5.83. The summed E-state index contributed by atoms with van der Waals surface area (Å²) in [5.74, 6) is 0. The normalized spacial score (nSPS) is 10.2. The smallest absolute Gasteiger partial charge is 0.142 e. The van der Waals surface area contributed by atoms with Gasteiger partial charge in [0.25, 0.3) is 0 Å². The average molecular weight is 237 g/mol. The third-order valence-electron chi connectivity index (χ3n) is 2.47. The van der Waals surface area contributed by atoms with Gasteiger partial charge in [0.15, 0.2) is 0 Å². The second-order valence-electron chi connectivity index (χ2n) is 3.73. The van der Waals surface area contributed by atoms with Crippen LogP contribution in [0.5, 0.6) is 0 Å². The minimum Gasteiger partial charge on any atom is -0.272 e. The number of aromatic nitrogens is 1. The number of hydrogen-bond acceptors (Lipinski definition) is 2. The summed E-state index contributed by atoms with van der Waals surface area (Å²) in [7, 11) is 5.83. The molecule has 0 aliphatic carbocycles. The number of pyridine rings is 1. The van der Waals surface area contributed by atoms with E-state index < -0.39 is 0 Å². The molecule has 2 radical (unpaired) electrons. The molecule has 0 amide bonds. The molecule has 0 bridgehead atoms. The van der Waals surface area contributed by atoms with Crippen LogP contribution in [0.2, 0.25) is 0 Å². The van der Waals surface area contributed by atoms with Crippen molar-refractivity contribution < 1.29 is 0 Å². The molecular weight excluding hydrogens is 225 g/mol. The number of benzene rings is 1. The predicted octanol–water partition coefficient (Wildman–Crippen LogP) is 2.95. The molecule has 0 fully saturated rings. The van der Waals surface area contributed by atoms with Crippen LogP contribution < -0.4 is 5.59 Å². The van der Waals surface area contributed by atoms with Gasteiger partial charge in [-0.3, -0.25) is 4.98 Å². The van der Waals surface area contributed by atoms with Crippen molar-refractivity contribution in [3.05, 3.63) is 60.3 Å². The maximum absolute atomic E-state index is 5.83. The average Bonchev–Trinajstić information content (AvgIpc) is 2.32. The molecule has 1 aromatic carbocycles. The molecule has 0 atom stereocenters. The minimum atomic E-state index is 0.526. The first-order valence-corrected chi connectivity index (χ1v) is 6.13. The van der Waals surface area contributed by atoms with Gasteiger partial charge in [0.2, 0.25) is 0 Å². The van der Waals surface area contributed by atoms with Gasteiger partial charge in [-0.15, -0.1) is 0 Å². The Labute approximate surface area is 107 Å². The van der Waals surface area contributed by atoms with Crippen LogP contribution in [0.15, 0.2) is 54.1 Å². The molecule has 82 valence electrons. The fourth-order valence-corrected chi connectivity index (χ4v) is 2.44. The zero-order valence-electron chi connectivity index (χ0n) is 9.68. The first-order valence-electron chi connectivity index (χ1n) is 5.31. The van der Waals surface area contributed by atoms with Gasteiger partial charge in [0.1, 0.15) is 7.85 Å². The summed E-state index contributed by atoms with van der Waals surface area (Å²) in [6.45, 7) is 6.15. The summed E-state index contributed by atoms with van der Waals surface area (Å²) < 4.78 is 0. The fourth-order valence-electron chi connectivity index (χ4n) is 1.51. The summed E-state index contributed by atoms with van der Waals surface area (Å²) in [5.41, 5.74) is 2.67. The Balaban J connectivity index is 2.24. The Bertz CT molecular complexity index is 551. The van der Waals surface area contributed by atoms with Gasteiger partial charge in [0, 0.05) is 16.0 Å². The molecule has 1 heterocycles. The van der Waals surface area contributed by atoms with Gasteiger partial charge in [-0.25, -0.2) is 0 Å². The zero-order valence-corrected chi connectivity index (χ0v) is 10.5. The van der Waals surface area contributed by atoms with Crippen LogP contribution in [0.25, 0.3) is 4.91 Å². The van der Waals surface area contributed by atoms with Gasteiger partial charge in [-0.1, -0.05) is 42.6 Å². The van der Waals surface area contributed by atoms with Crippen LogP contribution in [-0.4, -0.2) is 12.8 Å². The highest BCUT2D eigenvalue weighted by atomic mass is 32.2. The minimum absolute atomic E-state index is 0.526. The van der Waals surface area contributed by atoms with Gasteiger partial charge in [-0.2, -0.15) is 0 Å². The summed E-state index contributed by atoms with van der Waals surface area (Å²) in [6, 6.07) is 12.0. The highest BCUT2D eigenvalue weighted by Gasteiger charge is 2.06. The molecule has 0 saturated heterocycles. The lowest BCUT2D eigenvalue weighted by molar-refractivity contribution is 1.31. The molecule has 0 N–H and O–H groups in total. The standard InChI is InChI=1S/C14H12BNS/c1-10-6-3-4-8-13(10)17-11(2)12-7-5-9-16-14(12)15/h3-9H,2H2,1H3. The molecule has 1 nitrogen and oxygen atoms in total. The monoisotopic (exact) mass is 237 g/mol. The highest BCUT2D eigenvalue weighted by molar-refractivity contribution is 8.08. The van der Waals surface area contributed by atoms with E-state index in [2.05, 4.69) is 30.6 Å². The van der Waals surface area contributed by atoms with E-state index in [1.165, 1.54) is 10.5 Å². The van der Waals surface area contributed by atoms with E-state index in [1.54, 1.807) is 18.0 Å². The number of hydrogen-bond donors (Lipinski definition) is 0. The summed E-state index contributed by atoms with van der Waals surface area (Å²) in [4.78, 5) is 6.18. The van der Waals surface area contributed by atoms with E-state index >= 15 is 0 Å². The van der Waals surface area contributed by atoms with Crippen molar-refractivity contribution in [2.24, 2.45) is 0 Å². The number of thioether (sulfide) groups is 1. The van der Waals surface area contributed by atoms with Crippen LogP contribution in [0.3, 0.4) is 0 Å². The van der Waals surface area contributed by atoms with Gasteiger partial charge in [0.05, 0.1) is 0 Å². The highest BCUT2D eigenvalue weighted by Crippen LogP contribution is 2.33. The third kappa shape index (κ3) is 2.80. The lowest BCUT2D eigenvalue weighted by atomic mass is 9.98. The first-order chi connectivity index (χ1) is 8.18. The van der Waals surface area contributed by atoms with E-state index in [0.29, 0.717) is 5.59 Å². The summed E-state index contributed by atoms with van der Waals surface area (Å²) >= 11 is 1.62. The van der Waals surface area contributed by atoms with Crippen molar-refractivity contribution in [3.63, 3.8) is 0 Å². The zero-order chi connectivity index (χ0) is 12.3. The molecule has 0 unspecified atom stereocenters. The maximum Gasteiger partial charge on any atom is 0.142 e. The lowest BCUT2D eigenvalue weighted by Gasteiger charge is -2.10. The Morgan fingerprint density at radius 1 is 1.24 bits per heavy atom. The summed E-state index contributed by atoms with van der Waals surface area (Å²) in [6.07, 6.45) is 1.69. The van der Waals surface area contributed by atoms with Crippen LogP contribution >= 0.6 is 11.8 Å². The Morgan fingerprint density at radius 3 is 2.71 bits per heavy atom. The number of aryl methyl sites for hydroxylation is 1. The van der Waals surface area contributed by atoms with E-state index in [0.717, 1.165) is 10.5 Å². The fraction of sp³-hybridized carbons (Fsp3) is 0.0714. The molecule has 2 aromatic rings. The molecule has 0 aliphatic rings.